The maximum Gasteiger partial charge on any atom is 0.171 e. The van der Waals surface area contributed by atoms with Crippen LogP contribution in [-0.2, 0) is 4.74 Å². The summed E-state index contributed by atoms with van der Waals surface area (Å²) in [6.45, 7) is 5.53. The van der Waals surface area contributed by atoms with Gasteiger partial charge in [-0.3, -0.25) is 0 Å². The zero-order valence-corrected chi connectivity index (χ0v) is 12.6. The lowest BCUT2D eigenvalue weighted by molar-refractivity contribution is 0.0705. The number of anilines is 1. The van der Waals surface area contributed by atoms with Gasteiger partial charge in [-0.25, -0.2) is 4.98 Å². The lowest BCUT2D eigenvalue weighted by atomic mass is 9.99. The third-order valence-corrected chi connectivity index (χ3v) is 3.66. The van der Waals surface area contributed by atoms with Crippen molar-refractivity contribution in [2.45, 2.75) is 44.9 Å². The molecule has 1 aliphatic rings. The lowest BCUT2D eigenvalue weighted by Crippen LogP contribution is -2.49. The van der Waals surface area contributed by atoms with Crippen molar-refractivity contribution in [1.82, 2.24) is 4.98 Å². The number of piperidine rings is 1. The van der Waals surface area contributed by atoms with E-state index in [2.05, 4.69) is 9.88 Å². The summed E-state index contributed by atoms with van der Waals surface area (Å²) in [5, 5.41) is 0. The third-order valence-electron chi connectivity index (χ3n) is 3.66. The lowest BCUT2D eigenvalue weighted by Gasteiger charge is -2.39. The minimum atomic E-state index is 0.130. The van der Waals surface area contributed by atoms with Crippen molar-refractivity contribution < 1.29 is 9.47 Å². The average molecular weight is 279 g/mol. The van der Waals surface area contributed by atoms with E-state index in [0.717, 1.165) is 31.0 Å². The fourth-order valence-electron chi connectivity index (χ4n) is 2.67. The molecule has 0 saturated carbocycles. The van der Waals surface area contributed by atoms with Crippen LogP contribution >= 0.6 is 0 Å². The number of hydrogen-bond donors (Lipinski definition) is 1. The van der Waals surface area contributed by atoms with Gasteiger partial charge in [0.1, 0.15) is 0 Å². The Hall–Kier alpha value is -1.33. The van der Waals surface area contributed by atoms with Gasteiger partial charge in [0.25, 0.3) is 0 Å². The second-order valence-corrected chi connectivity index (χ2v) is 5.46. The van der Waals surface area contributed by atoms with Crippen LogP contribution < -0.4 is 15.4 Å². The van der Waals surface area contributed by atoms with Crippen LogP contribution in [0.25, 0.3) is 0 Å². The van der Waals surface area contributed by atoms with E-state index in [9.17, 15) is 0 Å². The van der Waals surface area contributed by atoms with Gasteiger partial charge in [0, 0.05) is 32.4 Å². The summed E-state index contributed by atoms with van der Waals surface area (Å²) in [7, 11) is 1.77. The Morgan fingerprint density at radius 2 is 2.30 bits per heavy atom. The highest BCUT2D eigenvalue weighted by molar-refractivity contribution is 5.53. The summed E-state index contributed by atoms with van der Waals surface area (Å²) in [5.74, 6) is 1.73. The Labute approximate surface area is 121 Å². The predicted molar refractivity (Wildman–Crippen MR) is 80.2 cm³/mol. The fraction of sp³-hybridized carbons (Fsp3) is 0.667. The van der Waals surface area contributed by atoms with Gasteiger partial charge in [-0.05, 0) is 38.8 Å². The monoisotopic (exact) mass is 279 g/mol. The van der Waals surface area contributed by atoms with Gasteiger partial charge < -0.3 is 20.1 Å². The minimum Gasteiger partial charge on any atom is -0.487 e. The number of ether oxygens (including phenoxy) is 2. The molecule has 1 aromatic rings. The van der Waals surface area contributed by atoms with Gasteiger partial charge in [-0.2, -0.15) is 0 Å². The largest absolute Gasteiger partial charge is 0.487 e. The molecule has 5 heteroatoms. The summed E-state index contributed by atoms with van der Waals surface area (Å²) in [6, 6.07) is 4.12. The van der Waals surface area contributed by atoms with Crippen molar-refractivity contribution in [2.24, 2.45) is 5.73 Å². The molecule has 0 radical (unpaired) electrons. The Morgan fingerprint density at radius 1 is 1.50 bits per heavy atom. The molecule has 1 aromatic heterocycles. The topological polar surface area (TPSA) is 60.6 Å². The molecule has 2 rings (SSSR count). The van der Waals surface area contributed by atoms with Gasteiger partial charge in [0.2, 0.25) is 0 Å². The van der Waals surface area contributed by atoms with Crippen LogP contribution in [0.5, 0.6) is 5.75 Å². The average Bonchev–Trinajstić information content (AvgIpc) is 2.46. The SMILES string of the molecule is COC1CCN(c2ncccc2OC(C)C)C(CN)C1. The summed E-state index contributed by atoms with van der Waals surface area (Å²) < 4.78 is 11.3. The quantitative estimate of drug-likeness (QED) is 0.890. The predicted octanol–water partition coefficient (Wildman–Crippen LogP) is 1.81. The molecular weight excluding hydrogens is 254 g/mol. The van der Waals surface area contributed by atoms with Crippen molar-refractivity contribution in [1.29, 1.82) is 0 Å². The maximum absolute atomic E-state index is 5.93. The van der Waals surface area contributed by atoms with Gasteiger partial charge in [-0.15, -0.1) is 0 Å². The first kappa shape index (κ1) is 15.1. The molecule has 0 bridgehead atoms. The standard InChI is InChI=1S/C15H25N3O2/c1-11(2)20-14-5-4-7-17-15(14)18-8-6-13(19-3)9-12(18)10-16/h4-5,7,11-13H,6,8-10,16H2,1-3H3. The van der Waals surface area contributed by atoms with Crippen LogP contribution in [0.15, 0.2) is 18.3 Å². The Balaban J connectivity index is 2.21. The molecule has 2 unspecified atom stereocenters. The zero-order valence-electron chi connectivity index (χ0n) is 12.6. The molecule has 5 nitrogen and oxygen atoms in total. The third kappa shape index (κ3) is 3.41. The highest BCUT2D eigenvalue weighted by Crippen LogP contribution is 2.31. The minimum absolute atomic E-state index is 0.130. The first-order valence-electron chi connectivity index (χ1n) is 7.26. The van der Waals surface area contributed by atoms with E-state index in [0.29, 0.717) is 6.54 Å². The molecule has 1 fully saturated rings. The van der Waals surface area contributed by atoms with Crippen LogP contribution in [-0.4, -0.2) is 43.4 Å². The smallest absolute Gasteiger partial charge is 0.171 e. The van der Waals surface area contributed by atoms with Gasteiger partial charge in [0.15, 0.2) is 11.6 Å². The molecule has 0 spiro atoms. The molecule has 2 heterocycles. The van der Waals surface area contributed by atoms with Gasteiger partial charge in [0.05, 0.1) is 12.2 Å². The van der Waals surface area contributed by atoms with Gasteiger partial charge in [-0.1, -0.05) is 0 Å². The summed E-state index contributed by atoms with van der Waals surface area (Å²) in [4.78, 5) is 6.77. The normalized spacial score (nSPS) is 23.1. The molecule has 2 N–H and O–H groups in total. The molecule has 2 atom stereocenters. The van der Waals surface area contributed by atoms with Crippen molar-refractivity contribution in [2.75, 3.05) is 25.1 Å². The summed E-state index contributed by atoms with van der Waals surface area (Å²) in [6.07, 6.45) is 4.15. The number of pyridine rings is 1. The highest BCUT2D eigenvalue weighted by Gasteiger charge is 2.30. The molecule has 1 aliphatic heterocycles. The van der Waals surface area contributed by atoms with Crippen molar-refractivity contribution >= 4 is 5.82 Å². The van der Waals surface area contributed by atoms with Crippen LogP contribution in [0.1, 0.15) is 26.7 Å². The molecule has 20 heavy (non-hydrogen) atoms. The number of methoxy groups -OCH3 is 1. The Bertz CT molecular complexity index is 425. The van der Waals surface area contributed by atoms with E-state index in [1.807, 2.05) is 26.0 Å². The first-order chi connectivity index (χ1) is 9.65. The molecule has 1 saturated heterocycles. The van der Waals surface area contributed by atoms with Crippen LogP contribution in [0.3, 0.4) is 0 Å². The number of rotatable bonds is 5. The van der Waals surface area contributed by atoms with E-state index in [1.165, 1.54) is 0 Å². The second kappa shape index (κ2) is 6.90. The molecule has 0 aliphatic carbocycles. The number of nitrogens with two attached hydrogens (primary N) is 1. The Morgan fingerprint density at radius 3 is 2.95 bits per heavy atom. The van der Waals surface area contributed by atoms with Gasteiger partial charge >= 0.3 is 0 Å². The highest BCUT2D eigenvalue weighted by atomic mass is 16.5. The molecule has 0 amide bonds. The number of nitrogens with zero attached hydrogens (tertiary/aromatic N) is 2. The zero-order chi connectivity index (χ0) is 14.5. The van der Waals surface area contributed by atoms with Crippen molar-refractivity contribution in [3.05, 3.63) is 18.3 Å². The van der Waals surface area contributed by atoms with E-state index in [1.54, 1.807) is 13.3 Å². The summed E-state index contributed by atoms with van der Waals surface area (Å²) in [5.41, 5.74) is 5.93. The van der Waals surface area contributed by atoms with Crippen molar-refractivity contribution in [3.8, 4) is 5.75 Å². The van der Waals surface area contributed by atoms with E-state index < -0.39 is 0 Å². The Kier molecular flexibility index (Phi) is 5.20. The van der Waals surface area contributed by atoms with Crippen molar-refractivity contribution in [3.63, 3.8) is 0 Å². The van der Waals surface area contributed by atoms with E-state index in [4.69, 9.17) is 15.2 Å². The molecule has 112 valence electrons. The first-order valence-corrected chi connectivity index (χ1v) is 7.26. The van der Waals surface area contributed by atoms with Crippen LogP contribution in [0, 0.1) is 0 Å². The van der Waals surface area contributed by atoms with Crippen LogP contribution in [0.2, 0.25) is 0 Å². The number of aromatic nitrogens is 1. The maximum atomic E-state index is 5.93. The number of hydrogen-bond acceptors (Lipinski definition) is 5. The van der Waals surface area contributed by atoms with E-state index >= 15 is 0 Å². The van der Waals surface area contributed by atoms with Crippen LogP contribution in [0.4, 0.5) is 5.82 Å². The second-order valence-electron chi connectivity index (χ2n) is 5.46. The fourth-order valence-corrected chi connectivity index (χ4v) is 2.67. The van der Waals surface area contributed by atoms with E-state index in [-0.39, 0.29) is 18.2 Å². The molecule has 0 aromatic carbocycles. The molecular formula is C15H25N3O2. The summed E-state index contributed by atoms with van der Waals surface area (Å²) >= 11 is 0.